The van der Waals surface area contributed by atoms with Crippen LogP contribution in [0.2, 0.25) is 0 Å². The highest BCUT2D eigenvalue weighted by Gasteiger charge is 2.24. The van der Waals surface area contributed by atoms with Gasteiger partial charge in [-0.15, -0.1) is 0 Å². The molecule has 2 aliphatic rings. The maximum absolute atomic E-state index is 12.6. The molecule has 1 heterocycles. The maximum atomic E-state index is 12.6. The largest absolute Gasteiger partial charge is 0.369 e. The molecule has 0 atom stereocenters. The van der Waals surface area contributed by atoms with E-state index >= 15 is 0 Å². The highest BCUT2D eigenvalue weighted by Crippen LogP contribution is 2.21. The molecule has 1 aliphatic carbocycles. The maximum Gasteiger partial charge on any atom is 0.255 e. The zero-order valence-corrected chi connectivity index (χ0v) is 16.1. The molecule has 2 N–H and O–H groups in total. The van der Waals surface area contributed by atoms with Gasteiger partial charge < -0.3 is 20.4 Å². The van der Waals surface area contributed by atoms with Gasteiger partial charge in [0.1, 0.15) is 0 Å². The number of anilines is 2. The van der Waals surface area contributed by atoms with Gasteiger partial charge in [0.05, 0.1) is 0 Å². The number of amides is 2. The third-order valence-corrected chi connectivity index (χ3v) is 5.29. The molecule has 1 saturated heterocycles. The highest BCUT2D eigenvalue weighted by molar-refractivity contribution is 6.06. The van der Waals surface area contributed by atoms with E-state index in [0.717, 1.165) is 44.7 Å². The molecule has 4 rings (SSSR count). The average molecular weight is 378 g/mol. The molecule has 146 valence electrons. The summed E-state index contributed by atoms with van der Waals surface area (Å²) in [5.74, 6) is -0.331. The number of nitrogens with one attached hydrogen (secondary N) is 2. The Hall–Kier alpha value is -2.86. The van der Waals surface area contributed by atoms with Gasteiger partial charge in [-0.05, 0) is 62.4 Å². The van der Waals surface area contributed by atoms with Crippen LogP contribution in [-0.4, -0.2) is 56.0 Å². The lowest BCUT2D eigenvalue weighted by molar-refractivity contribution is 0.0951. The molecule has 2 amide bonds. The van der Waals surface area contributed by atoms with Crippen molar-refractivity contribution in [3.05, 3.63) is 59.7 Å². The van der Waals surface area contributed by atoms with Crippen LogP contribution in [0.3, 0.4) is 0 Å². The summed E-state index contributed by atoms with van der Waals surface area (Å²) < 4.78 is 0. The van der Waals surface area contributed by atoms with Crippen LogP contribution in [0.15, 0.2) is 48.5 Å². The van der Waals surface area contributed by atoms with Crippen LogP contribution in [0, 0.1) is 0 Å². The molecule has 2 fully saturated rings. The number of piperazine rings is 1. The zero-order valence-electron chi connectivity index (χ0n) is 16.1. The Kier molecular flexibility index (Phi) is 5.30. The number of hydrogen-bond donors (Lipinski definition) is 2. The van der Waals surface area contributed by atoms with E-state index in [0.29, 0.717) is 17.2 Å². The standard InChI is InChI=1S/C22H26N4O2/c1-25-11-13-26(14-12-25)20-9-7-19(8-10-20)24-22(28)17-4-2-3-16(15-17)21(27)23-18-5-6-18/h2-4,7-10,15,18H,5-6,11-14H2,1H3,(H,23,27)(H,24,28). The number of rotatable bonds is 5. The molecule has 1 aliphatic heterocycles. The Morgan fingerprint density at radius 2 is 1.54 bits per heavy atom. The van der Waals surface area contributed by atoms with E-state index in [2.05, 4.69) is 27.5 Å². The molecule has 0 radical (unpaired) electrons. The van der Waals surface area contributed by atoms with Crippen molar-refractivity contribution in [3.8, 4) is 0 Å². The van der Waals surface area contributed by atoms with Crippen molar-refractivity contribution in [2.45, 2.75) is 18.9 Å². The van der Waals surface area contributed by atoms with Gasteiger partial charge in [-0.1, -0.05) is 6.07 Å². The van der Waals surface area contributed by atoms with Gasteiger partial charge in [-0.3, -0.25) is 9.59 Å². The molecule has 0 spiro atoms. The molecular formula is C22H26N4O2. The van der Waals surface area contributed by atoms with Gasteiger partial charge in [0.25, 0.3) is 11.8 Å². The summed E-state index contributed by atoms with van der Waals surface area (Å²) in [7, 11) is 2.14. The Labute approximate surface area is 165 Å². The predicted molar refractivity (Wildman–Crippen MR) is 111 cm³/mol. The second-order valence-electron chi connectivity index (χ2n) is 7.62. The van der Waals surface area contributed by atoms with E-state index in [1.165, 1.54) is 5.69 Å². The minimum absolute atomic E-state index is 0.117. The Balaban J connectivity index is 1.38. The topological polar surface area (TPSA) is 64.7 Å². The van der Waals surface area contributed by atoms with Crippen LogP contribution < -0.4 is 15.5 Å². The quantitative estimate of drug-likeness (QED) is 0.839. The van der Waals surface area contributed by atoms with E-state index in [-0.39, 0.29) is 11.8 Å². The van der Waals surface area contributed by atoms with Crippen molar-refractivity contribution < 1.29 is 9.59 Å². The molecule has 0 unspecified atom stereocenters. The monoisotopic (exact) mass is 378 g/mol. The molecule has 2 aromatic rings. The predicted octanol–water partition coefficient (Wildman–Crippen LogP) is 2.58. The highest BCUT2D eigenvalue weighted by atomic mass is 16.2. The van der Waals surface area contributed by atoms with E-state index in [4.69, 9.17) is 0 Å². The lowest BCUT2D eigenvalue weighted by atomic mass is 10.1. The summed E-state index contributed by atoms with van der Waals surface area (Å²) in [6.07, 6.45) is 2.08. The molecule has 0 bridgehead atoms. The number of carbonyl (C=O) groups excluding carboxylic acids is 2. The van der Waals surface area contributed by atoms with Crippen LogP contribution in [0.5, 0.6) is 0 Å². The second kappa shape index (κ2) is 8.02. The SMILES string of the molecule is CN1CCN(c2ccc(NC(=O)c3cccc(C(=O)NC4CC4)c3)cc2)CC1. The smallest absolute Gasteiger partial charge is 0.255 e. The molecule has 0 aromatic heterocycles. The van der Waals surface area contributed by atoms with Crippen LogP contribution in [0.4, 0.5) is 11.4 Å². The van der Waals surface area contributed by atoms with E-state index in [1.54, 1.807) is 24.3 Å². The average Bonchev–Trinajstić information content (AvgIpc) is 3.53. The lowest BCUT2D eigenvalue weighted by Crippen LogP contribution is -2.44. The number of hydrogen-bond acceptors (Lipinski definition) is 4. The van der Waals surface area contributed by atoms with Gasteiger partial charge in [0.2, 0.25) is 0 Å². The molecule has 28 heavy (non-hydrogen) atoms. The van der Waals surface area contributed by atoms with Gasteiger partial charge in [-0.2, -0.15) is 0 Å². The van der Waals surface area contributed by atoms with Crippen molar-refractivity contribution in [2.24, 2.45) is 0 Å². The first-order chi connectivity index (χ1) is 13.6. The summed E-state index contributed by atoms with van der Waals surface area (Å²) in [4.78, 5) is 29.5. The fraction of sp³-hybridized carbons (Fsp3) is 0.364. The number of nitrogens with zero attached hydrogens (tertiary/aromatic N) is 2. The minimum Gasteiger partial charge on any atom is -0.369 e. The van der Waals surface area contributed by atoms with Crippen molar-refractivity contribution >= 4 is 23.2 Å². The van der Waals surface area contributed by atoms with Gasteiger partial charge in [-0.25, -0.2) is 0 Å². The first-order valence-corrected chi connectivity index (χ1v) is 9.84. The minimum atomic E-state index is -0.214. The fourth-order valence-electron chi connectivity index (χ4n) is 3.32. The summed E-state index contributed by atoms with van der Waals surface area (Å²) in [6, 6.07) is 15.1. The Morgan fingerprint density at radius 1 is 0.893 bits per heavy atom. The zero-order chi connectivity index (χ0) is 19.5. The molecule has 6 nitrogen and oxygen atoms in total. The van der Waals surface area contributed by atoms with Crippen molar-refractivity contribution in [1.29, 1.82) is 0 Å². The van der Waals surface area contributed by atoms with Crippen LogP contribution in [0.1, 0.15) is 33.6 Å². The van der Waals surface area contributed by atoms with Crippen LogP contribution in [0.25, 0.3) is 0 Å². The number of benzene rings is 2. The van der Waals surface area contributed by atoms with Gasteiger partial charge in [0.15, 0.2) is 0 Å². The number of carbonyl (C=O) groups is 2. The fourth-order valence-corrected chi connectivity index (χ4v) is 3.32. The summed E-state index contributed by atoms with van der Waals surface area (Å²) in [5, 5.41) is 5.87. The first kappa shape index (κ1) is 18.5. The lowest BCUT2D eigenvalue weighted by Gasteiger charge is -2.34. The summed E-state index contributed by atoms with van der Waals surface area (Å²) in [5.41, 5.74) is 2.91. The van der Waals surface area contributed by atoms with Crippen molar-refractivity contribution in [3.63, 3.8) is 0 Å². The summed E-state index contributed by atoms with van der Waals surface area (Å²) in [6.45, 7) is 4.14. The normalized spacial score (nSPS) is 17.2. The molecule has 1 saturated carbocycles. The third kappa shape index (κ3) is 4.51. The van der Waals surface area contributed by atoms with Crippen molar-refractivity contribution in [1.82, 2.24) is 10.2 Å². The van der Waals surface area contributed by atoms with E-state index in [9.17, 15) is 9.59 Å². The second-order valence-corrected chi connectivity index (χ2v) is 7.62. The Bertz CT molecular complexity index is 853. The van der Waals surface area contributed by atoms with E-state index < -0.39 is 0 Å². The van der Waals surface area contributed by atoms with E-state index in [1.807, 2.05) is 24.3 Å². The Morgan fingerprint density at radius 3 is 2.18 bits per heavy atom. The van der Waals surface area contributed by atoms with Crippen molar-refractivity contribution in [2.75, 3.05) is 43.4 Å². The third-order valence-electron chi connectivity index (χ3n) is 5.29. The van der Waals surface area contributed by atoms with Gasteiger partial charge in [0, 0.05) is 54.7 Å². The first-order valence-electron chi connectivity index (χ1n) is 9.84. The van der Waals surface area contributed by atoms with Crippen LogP contribution >= 0.6 is 0 Å². The molecule has 2 aromatic carbocycles. The number of likely N-dealkylation sites (N-methyl/N-ethyl adjacent to an activating group) is 1. The summed E-state index contributed by atoms with van der Waals surface area (Å²) >= 11 is 0. The molecular weight excluding hydrogens is 352 g/mol. The molecule has 6 heteroatoms. The van der Waals surface area contributed by atoms with Crippen LogP contribution in [-0.2, 0) is 0 Å². The van der Waals surface area contributed by atoms with Gasteiger partial charge >= 0.3 is 0 Å².